The van der Waals surface area contributed by atoms with Crippen molar-refractivity contribution in [1.29, 1.82) is 0 Å². The molecule has 0 saturated heterocycles. The molecule has 0 rings (SSSR count). The monoisotopic (exact) mass is 186 g/mol. The van der Waals surface area contributed by atoms with Gasteiger partial charge < -0.3 is 10.6 Å². The van der Waals surface area contributed by atoms with Crippen molar-refractivity contribution in [3.8, 4) is 0 Å². The van der Waals surface area contributed by atoms with Crippen LogP contribution in [0.15, 0.2) is 0 Å². The third-order valence-electron chi connectivity index (χ3n) is 0. The first-order chi connectivity index (χ1) is 1.00. The van der Waals surface area contributed by atoms with Gasteiger partial charge in [0.25, 0.3) is 0 Å². The summed E-state index contributed by atoms with van der Waals surface area (Å²) in [7, 11) is 1.00. The van der Waals surface area contributed by atoms with Crippen molar-refractivity contribution in [2.45, 2.75) is 0 Å². The minimum Gasteiger partial charge on any atom is -2.00 e. The zero-order valence-electron chi connectivity index (χ0n) is 2.56. The zero-order valence-corrected chi connectivity index (χ0v) is 7.00. The van der Waals surface area contributed by atoms with E-state index in [0.717, 1.165) is 7.11 Å². The maximum absolute atomic E-state index is 7.00. The summed E-state index contributed by atoms with van der Waals surface area (Å²) in [5.74, 6) is 0. The molecule has 0 aliphatic carbocycles. The fourth-order valence-electron chi connectivity index (χ4n) is 0. The van der Waals surface area contributed by atoms with Crippen molar-refractivity contribution < 1.29 is 10.6 Å². The first-order valence-corrected chi connectivity index (χ1v) is 0.447. The molecule has 0 bridgehead atoms. The smallest absolute Gasteiger partial charge is 2.00 e. The quantitative estimate of drug-likeness (QED) is 0.489. The van der Waals surface area contributed by atoms with Crippen LogP contribution in [-0.2, 0) is 5.48 Å². The van der Waals surface area contributed by atoms with E-state index in [2.05, 4.69) is 0 Å². The van der Waals surface area contributed by atoms with Crippen molar-refractivity contribution in [1.82, 2.24) is 0 Å². The number of hydrogen-bond donors (Lipinski definition) is 1. The molecule has 0 fully saturated rings. The van der Waals surface area contributed by atoms with Crippen LogP contribution in [0, 0.1) is 0 Å². The van der Waals surface area contributed by atoms with Gasteiger partial charge in [0.15, 0.2) is 0 Å². The van der Waals surface area contributed by atoms with Gasteiger partial charge in [0, 0.05) is 7.11 Å². The molecule has 0 aromatic heterocycles. The average Bonchev–Trinajstić information content (AvgIpc) is 1.00. The van der Waals surface area contributed by atoms with E-state index in [4.69, 9.17) is 5.11 Å². The summed E-state index contributed by atoms with van der Waals surface area (Å²) in [6.45, 7) is 0. The molecule has 0 heterocycles. The minimum atomic E-state index is 0. The van der Waals surface area contributed by atoms with Crippen molar-refractivity contribution in [3.05, 3.63) is 0 Å². The predicted octanol–water partition coefficient (Wildman–Crippen LogP) is -0.891. The Kier molecular flexibility index (Phi) is 110. The molecule has 0 aromatic carbocycles. The van der Waals surface area contributed by atoms with Crippen molar-refractivity contribution >= 4 is 48.9 Å². The van der Waals surface area contributed by atoms with Crippen LogP contribution < -0.4 is 0 Å². The number of aliphatic hydroxyl groups is 1. The van der Waals surface area contributed by atoms with E-state index in [0.29, 0.717) is 0 Å². The Hall–Kier alpha value is 1.49. The minimum absolute atomic E-state index is 0. The molecule has 0 amide bonds. The molecule has 22 valence electrons. The summed E-state index contributed by atoms with van der Waals surface area (Å²) >= 11 is 0. The van der Waals surface area contributed by atoms with Crippen LogP contribution in [0.25, 0.3) is 0 Å². The molecular formula is CH4BaO2. The van der Waals surface area contributed by atoms with Gasteiger partial charge in [0.2, 0.25) is 0 Å². The average molecular weight is 185 g/mol. The molecule has 4 heavy (non-hydrogen) atoms. The van der Waals surface area contributed by atoms with E-state index < -0.39 is 0 Å². The van der Waals surface area contributed by atoms with E-state index in [1.54, 1.807) is 0 Å². The van der Waals surface area contributed by atoms with E-state index >= 15 is 0 Å². The fraction of sp³-hybridized carbons (Fsp3) is 1.00. The Morgan fingerprint density at radius 1 is 1.25 bits per heavy atom. The van der Waals surface area contributed by atoms with Gasteiger partial charge in [-0.05, 0) is 0 Å². The zero-order chi connectivity index (χ0) is 2.00. The molecule has 3 heteroatoms. The Morgan fingerprint density at radius 2 is 1.25 bits per heavy atom. The van der Waals surface area contributed by atoms with E-state index in [-0.39, 0.29) is 54.4 Å². The summed E-state index contributed by atoms with van der Waals surface area (Å²) in [4.78, 5) is 0. The molecule has 0 atom stereocenters. The standard InChI is InChI=1S/CH4O.Ba.O/c1-2;;/h2H,1H3;;/q;+2;-2. The number of aliphatic hydroxyl groups excluding tert-OH is 1. The SMILES string of the molecule is CO.[Ba+2].[O-2]. The summed E-state index contributed by atoms with van der Waals surface area (Å²) in [5, 5.41) is 7.00. The van der Waals surface area contributed by atoms with Gasteiger partial charge in [-0.3, -0.25) is 0 Å². The summed E-state index contributed by atoms with van der Waals surface area (Å²) < 4.78 is 0. The van der Waals surface area contributed by atoms with Crippen LogP contribution in [0.4, 0.5) is 0 Å². The Labute approximate surface area is 65.6 Å². The van der Waals surface area contributed by atoms with Crippen LogP contribution in [0.1, 0.15) is 0 Å². The van der Waals surface area contributed by atoms with Gasteiger partial charge in [-0.1, -0.05) is 0 Å². The Balaban J connectivity index is -0.00000000500. The van der Waals surface area contributed by atoms with Crippen LogP contribution in [-0.4, -0.2) is 61.1 Å². The second-order valence-electron chi connectivity index (χ2n) is 0. The number of hydrogen-bond acceptors (Lipinski definition) is 1. The maximum Gasteiger partial charge on any atom is 2.00 e. The van der Waals surface area contributed by atoms with Gasteiger partial charge in [-0.2, -0.15) is 0 Å². The fourth-order valence-corrected chi connectivity index (χ4v) is 0. The molecule has 0 spiro atoms. The number of rotatable bonds is 0. The summed E-state index contributed by atoms with van der Waals surface area (Å²) in [5.41, 5.74) is 0. The molecule has 0 saturated carbocycles. The van der Waals surface area contributed by atoms with E-state index in [9.17, 15) is 0 Å². The van der Waals surface area contributed by atoms with Crippen molar-refractivity contribution in [2.75, 3.05) is 7.11 Å². The molecule has 2 nitrogen and oxygen atoms in total. The Morgan fingerprint density at radius 3 is 1.25 bits per heavy atom. The van der Waals surface area contributed by atoms with Gasteiger partial charge >= 0.3 is 48.9 Å². The normalized spacial score (nSPS) is 1.50. The molecule has 1 N–H and O–H groups in total. The first-order valence-electron chi connectivity index (χ1n) is 0.447. The molecule has 0 aliphatic heterocycles. The van der Waals surface area contributed by atoms with E-state index in [1.165, 1.54) is 0 Å². The van der Waals surface area contributed by atoms with Gasteiger partial charge in [0.05, 0.1) is 0 Å². The van der Waals surface area contributed by atoms with Crippen molar-refractivity contribution in [3.63, 3.8) is 0 Å². The topological polar surface area (TPSA) is 48.7 Å². The molecular weight excluding hydrogens is 181 g/mol. The summed E-state index contributed by atoms with van der Waals surface area (Å²) in [6.07, 6.45) is 0. The van der Waals surface area contributed by atoms with Crippen molar-refractivity contribution in [2.24, 2.45) is 0 Å². The van der Waals surface area contributed by atoms with Crippen LogP contribution in [0.5, 0.6) is 0 Å². The second-order valence-corrected chi connectivity index (χ2v) is 0. The van der Waals surface area contributed by atoms with Crippen LogP contribution in [0.3, 0.4) is 0 Å². The van der Waals surface area contributed by atoms with Gasteiger partial charge in [0.1, 0.15) is 0 Å². The van der Waals surface area contributed by atoms with E-state index in [1.807, 2.05) is 0 Å². The molecule has 0 aliphatic rings. The second kappa shape index (κ2) is 24.6. The third-order valence-corrected chi connectivity index (χ3v) is 0. The Bertz CT molecular complexity index is 6.00. The third kappa shape index (κ3) is 9.74. The largest absolute Gasteiger partial charge is 2.00 e. The van der Waals surface area contributed by atoms with Crippen LogP contribution >= 0.6 is 0 Å². The maximum atomic E-state index is 7.00. The summed E-state index contributed by atoms with van der Waals surface area (Å²) in [6, 6.07) is 0. The van der Waals surface area contributed by atoms with Gasteiger partial charge in [-0.15, -0.1) is 0 Å². The predicted molar refractivity (Wildman–Crippen MR) is 14.6 cm³/mol. The molecule has 0 unspecified atom stereocenters. The van der Waals surface area contributed by atoms with Gasteiger partial charge in [-0.25, -0.2) is 0 Å². The first kappa shape index (κ1) is 17.8. The molecule has 0 radical (unpaired) electrons. The molecule has 0 aromatic rings. The van der Waals surface area contributed by atoms with Crippen LogP contribution in [0.2, 0.25) is 0 Å².